The third-order valence-electron chi connectivity index (χ3n) is 6.07. The van der Waals surface area contributed by atoms with Gasteiger partial charge in [-0.2, -0.15) is 0 Å². The van der Waals surface area contributed by atoms with Gasteiger partial charge in [-0.1, -0.05) is 13.0 Å². The Hall–Kier alpha value is -0.870. The van der Waals surface area contributed by atoms with Gasteiger partial charge in [-0.05, 0) is 51.0 Å². The molecule has 2 aliphatic carbocycles. The van der Waals surface area contributed by atoms with Gasteiger partial charge in [0, 0.05) is 5.41 Å². The number of carbonyl (C=O) groups excluding carboxylic acids is 1. The van der Waals surface area contributed by atoms with E-state index in [2.05, 4.69) is 6.08 Å². The zero-order valence-corrected chi connectivity index (χ0v) is 12.4. The van der Waals surface area contributed by atoms with E-state index in [1.807, 2.05) is 26.8 Å². The first-order chi connectivity index (χ1) is 9.18. The maximum Gasteiger partial charge on any atom is 0.309 e. The van der Waals surface area contributed by atoms with Gasteiger partial charge in [-0.3, -0.25) is 4.79 Å². The van der Waals surface area contributed by atoms with Gasteiger partial charge in [-0.15, -0.1) is 0 Å². The standard InChI is InChI=1S/C16H24O4/c1-14(19)6-5-11-10(9-14)4-7-15(2)16(11,3)12(17)8-13(18)20-15/h4,7,10-12,17,19H,5-6,8-9H2,1-3H3. The molecule has 0 spiro atoms. The zero-order chi connectivity index (χ0) is 14.8. The molecule has 0 bridgehead atoms. The molecule has 3 rings (SSSR count). The van der Waals surface area contributed by atoms with Crippen molar-refractivity contribution in [3.05, 3.63) is 12.2 Å². The molecule has 0 aromatic heterocycles. The summed E-state index contributed by atoms with van der Waals surface area (Å²) in [4.78, 5) is 11.7. The van der Waals surface area contributed by atoms with E-state index < -0.39 is 22.7 Å². The highest BCUT2D eigenvalue weighted by Gasteiger charge is 2.62. The highest BCUT2D eigenvalue weighted by Crippen LogP contribution is 2.58. The number of esters is 1. The Kier molecular flexibility index (Phi) is 2.87. The Bertz CT molecular complexity index is 469. The van der Waals surface area contributed by atoms with Crippen LogP contribution in [0.2, 0.25) is 0 Å². The van der Waals surface area contributed by atoms with E-state index in [0.29, 0.717) is 6.42 Å². The molecule has 20 heavy (non-hydrogen) atoms. The van der Waals surface area contributed by atoms with Crippen LogP contribution in [0.4, 0.5) is 0 Å². The summed E-state index contributed by atoms with van der Waals surface area (Å²) >= 11 is 0. The Labute approximate surface area is 119 Å². The minimum absolute atomic E-state index is 0.0690. The molecule has 112 valence electrons. The van der Waals surface area contributed by atoms with Gasteiger partial charge >= 0.3 is 5.97 Å². The lowest BCUT2D eigenvalue weighted by molar-refractivity contribution is -0.223. The summed E-state index contributed by atoms with van der Waals surface area (Å²) in [5.41, 5.74) is -1.85. The van der Waals surface area contributed by atoms with Crippen molar-refractivity contribution >= 4 is 5.97 Å². The molecule has 3 aliphatic rings. The average Bonchev–Trinajstić information content (AvgIpc) is 2.31. The summed E-state index contributed by atoms with van der Waals surface area (Å²) < 4.78 is 5.60. The van der Waals surface area contributed by atoms with Gasteiger partial charge in [0.25, 0.3) is 0 Å². The molecule has 0 amide bonds. The molecule has 4 nitrogen and oxygen atoms in total. The van der Waals surface area contributed by atoms with E-state index in [4.69, 9.17) is 4.74 Å². The molecule has 0 radical (unpaired) electrons. The smallest absolute Gasteiger partial charge is 0.309 e. The predicted octanol–water partition coefficient (Wildman–Crippen LogP) is 1.80. The minimum Gasteiger partial charge on any atom is -0.454 e. The number of rotatable bonds is 0. The van der Waals surface area contributed by atoms with Crippen molar-refractivity contribution in [2.75, 3.05) is 0 Å². The fourth-order valence-electron chi connectivity index (χ4n) is 4.60. The van der Waals surface area contributed by atoms with Gasteiger partial charge < -0.3 is 14.9 Å². The molecular weight excluding hydrogens is 256 g/mol. The first-order valence-corrected chi connectivity index (χ1v) is 7.50. The number of fused-ring (bicyclic) bond motifs is 3. The van der Waals surface area contributed by atoms with Crippen LogP contribution in [0.25, 0.3) is 0 Å². The van der Waals surface area contributed by atoms with Crippen molar-refractivity contribution in [1.29, 1.82) is 0 Å². The second-order valence-electron chi connectivity index (χ2n) is 7.45. The third-order valence-corrected chi connectivity index (χ3v) is 6.07. The maximum atomic E-state index is 11.7. The monoisotopic (exact) mass is 280 g/mol. The Morgan fingerprint density at radius 2 is 2.05 bits per heavy atom. The molecule has 1 heterocycles. The van der Waals surface area contributed by atoms with Gasteiger partial charge in [0.2, 0.25) is 0 Å². The number of hydrogen-bond donors (Lipinski definition) is 2. The number of allylic oxidation sites excluding steroid dienone is 1. The van der Waals surface area contributed by atoms with E-state index in [9.17, 15) is 15.0 Å². The number of hydrogen-bond acceptors (Lipinski definition) is 4. The highest BCUT2D eigenvalue weighted by atomic mass is 16.6. The summed E-state index contributed by atoms with van der Waals surface area (Å²) in [5.74, 6) is 0.146. The van der Waals surface area contributed by atoms with Crippen LogP contribution >= 0.6 is 0 Å². The van der Waals surface area contributed by atoms with Gasteiger partial charge in [-0.25, -0.2) is 0 Å². The van der Waals surface area contributed by atoms with Crippen LogP contribution in [0.15, 0.2) is 12.2 Å². The fraction of sp³-hybridized carbons (Fsp3) is 0.812. The summed E-state index contributed by atoms with van der Waals surface area (Å²) in [6.45, 7) is 5.81. The third kappa shape index (κ3) is 1.77. The molecule has 2 N–H and O–H groups in total. The van der Waals surface area contributed by atoms with E-state index in [1.54, 1.807) is 0 Å². The topological polar surface area (TPSA) is 66.8 Å². The summed E-state index contributed by atoms with van der Waals surface area (Å²) in [7, 11) is 0. The lowest BCUT2D eigenvalue weighted by atomic mass is 9.50. The molecule has 1 saturated carbocycles. The molecule has 1 aliphatic heterocycles. The van der Waals surface area contributed by atoms with E-state index in [1.165, 1.54) is 0 Å². The molecule has 1 saturated heterocycles. The molecule has 2 fully saturated rings. The summed E-state index contributed by atoms with van der Waals surface area (Å²) in [6, 6.07) is 0. The van der Waals surface area contributed by atoms with Crippen LogP contribution in [0.3, 0.4) is 0 Å². The van der Waals surface area contributed by atoms with Gasteiger partial charge in [0.15, 0.2) is 0 Å². The van der Waals surface area contributed by atoms with Crippen LogP contribution in [0, 0.1) is 17.3 Å². The van der Waals surface area contributed by atoms with Crippen LogP contribution < -0.4 is 0 Å². The normalized spacial score (nSPS) is 54.9. The molecule has 6 unspecified atom stereocenters. The molecule has 6 atom stereocenters. The minimum atomic E-state index is -0.744. The maximum absolute atomic E-state index is 11.7. The first kappa shape index (κ1) is 14.1. The van der Waals surface area contributed by atoms with Gasteiger partial charge in [0.05, 0.1) is 18.1 Å². The second-order valence-corrected chi connectivity index (χ2v) is 7.45. The van der Waals surface area contributed by atoms with Crippen LogP contribution in [0.1, 0.15) is 46.5 Å². The molecule has 0 aromatic carbocycles. The lowest BCUT2D eigenvalue weighted by Gasteiger charge is -2.59. The first-order valence-electron chi connectivity index (χ1n) is 7.50. The highest BCUT2D eigenvalue weighted by molar-refractivity contribution is 5.72. The van der Waals surface area contributed by atoms with E-state index in [-0.39, 0.29) is 24.2 Å². The molecular formula is C16H24O4. The summed E-state index contributed by atoms with van der Waals surface area (Å²) in [5, 5.41) is 20.9. The second kappa shape index (κ2) is 4.08. The van der Waals surface area contributed by atoms with Gasteiger partial charge in [0.1, 0.15) is 5.60 Å². The number of ether oxygens (including phenoxy) is 1. The molecule has 0 aromatic rings. The predicted molar refractivity (Wildman–Crippen MR) is 73.8 cm³/mol. The van der Waals surface area contributed by atoms with Crippen molar-refractivity contribution < 1.29 is 19.7 Å². The van der Waals surface area contributed by atoms with Crippen LogP contribution in [-0.4, -0.2) is 33.5 Å². The van der Waals surface area contributed by atoms with Crippen molar-refractivity contribution in [2.45, 2.75) is 63.8 Å². The Morgan fingerprint density at radius 3 is 2.75 bits per heavy atom. The van der Waals surface area contributed by atoms with Crippen LogP contribution in [0.5, 0.6) is 0 Å². The number of carbonyl (C=O) groups is 1. The van der Waals surface area contributed by atoms with Crippen LogP contribution in [-0.2, 0) is 9.53 Å². The largest absolute Gasteiger partial charge is 0.454 e. The average molecular weight is 280 g/mol. The summed E-state index contributed by atoms with van der Waals surface area (Å²) in [6.07, 6.45) is 5.67. The Balaban J connectivity index is 2.02. The van der Waals surface area contributed by atoms with E-state index >= 15 is 0 Å². The fourth-order valence-corrected chi connectivity index (χ4v) is 4.60. The van der Waals surface area contributed by atoms with Crippen molar-refractivity contribution in [1.82, 2.24) is 0 Å². The quantitative estimate of drug-likeness (QED) is 0.524. The van der Waals surface area contributed by atoms with Crippen molar-refractivity contribution in [3.8, 4) is 0 Å². The van der Waals surface area contributed by atoms with E-state index in [0.717, 1.165) is 12.8 Å². The number of aliphatic hydroxyl groups is 2. The van der Waals surface area contributed by atoms with Crippen molar-refractivity contribution in [3.63, 3.8) is 0 Å². The van der Waals surface area contributed by atoms with Crippen molar-refractivity contribution in [2.24, 2.45) is 17.3 Å². The number of aliphatic hydroxyl groups excluding tert-OH is 1. The SMILES string of the molecule is CC1(O)CCC2C(C=CC3(C)OC(=O)CC(O)C23C)C1. The lowest BCUT2D eigenvalue weighted by Crippen LogP contribution is -2.64. The Morgan fingerprint density at radius 1 is 1.35 bits per heavy atom. The molecule has 4 heteroatoms. The zero-order valence-electron chi connectivity index (χ0n) is 12.4.